The smallest absolute Gasteiger partial charge is 0.171 e. The van der Waals surface area contributed by atoms with Gasteiger partial charge in [0, 0.05) is 34.0 Å². The number of ketones is 1. The Morgan fingerprint density at radius 2 is 2.18 bits per heavy atom. The van der Waals surface area contributed by atoms with Crippen molar-refractivity contribution in [1.82, 2.24) is 9.55 Å². The summed E-state index contributed by atoms with van der Waals surface area (Å²) in [5.74, 6) is 0.814. The summed E-state index contributed by atoms with van der Waals surface area (Å²) in [6.45, 7) is 0. The molecule has 0 saturated heterocycles. The van der Waals surface area contributed by atoms with Crippen molar-refractivity contribution in [3.63, 3.8) is 0 Å². The third-order valence-electron chi connectivity index (χ3n) is 2.47. The number of nitrogens with zero attached hydrogens (tertiary/aromatic N) is 2. The van der Waals surface area contributed by atoms with Crippen LogP contribution in [0.5, 0.6) is 0 Å². The molecule has 1 aromatic carbocycles. The molecule has 0 saturated carbocycles. The Morgan fingerprint density at radius 3 is 2.82 bits per heavy atom. The number of aromatic nitrogens is 2. The molecule has 17 heavy (non-hydrogen) atoms. The maximum absolute atomic E-state index is 12.1. The average Bonchev–Trinajstić information content (AvgIpc) is 2.68. The number of Topliss-reactive ketones (excluding diaryl/α,β-unsaturated/α-hetero) is 1. The summed E-state index contributed by atoms with van der Waals surface area (Å²) < 4.78 is 3.55. The Labute approximate surface area is 116 Å². The molecule has 0 unspecified atom stereocenters. The maximum atomic E-state index is 12.1. The van der Waals surface area contributed by atoms with Gasteiger partial charge in [-0.1, -0.05) is 31.9 Å². The predicted molar refractivity (Wildman–Crippen MR) is 73.1 cm³/mol. The molecule has 0 aliphatic rings. The molecule has 0 atom stereocenters. The minimum absolute atomic E-state index is 0.0486. The fraction of sp³-hybridized carbons (Fsp3) is 0.167. The van der Waals surface area contributed by atoms with Gasteiger partial charge in [0.05, 0.1) is 6.42 Å². The summed E-state index contributed by atoms with van der Waals surface area (Å²) in [4.78, 5) is 16.3. The average molecular weight is 358 g/mol. The first-order valence-electron chi connectivity index (χ1n) is 5.02. The highest BCUT2D eigenvalue weighted by molar-refractivity contribution is 9.11. The fourth-order valence-electron chi connectivity index (χ4n) is 1.52. The highest BCUT2D eigenvalue weighted by Crippen LogP contribution is 2.22. The molecule has 5 heteroatoms. The van der Waals surface area contributed by atoms with E-state index in [0.717, 1.165) is 14.8 Å². The third kappa shape index (κ3) is 2.84. The summed E-state index contributed by atoms with van der Waals surface area (Å²) >= 11 is 6.75. The van der Waals surface area contributed by atoms with Crippen molar-refractivity contribution in [2.75, 3.05) is 0 Å². The van der Waals surface area contributed by atoms with E-state index < -0.39 is 0 Å². The van der Waals surface area contributed by atoms with E-state index in [1.807, 2.05) is 36.0 Å². The van der Waals surface area contributed by atoms with Crippen LogP contribution in [-0.4, -0.2) is 15.3 Å². The Balaban J connectivity index is 2.26. The van der Waals surface area contributed by atoms with E-state index in [1.165, 1.54) is 0 Å². The molecule has 0 amide bonds. The first kappa shape index (κ1) is 12.5. The van der Waals surface area contributed by atoms with Crippen LogP contribution in [-0.2, 0) is 13.5 Å². The van der Waals surface area contributed by atoms with Crippen molar-refractivity contribution < 1.29 is 4.79 Å². The van der Waals surface area contributed by atoms with Gasteiger partial charge in [-0.15, -0.1) is 0 Å². The quantitative estimate of drug-likeness (QED) is 0.789. The van der Waals surface area contributed by atoms with Crippen LogP contribution in [0.3, 0.4) is 0 Å². The van der Waals surface area contributed by atoms with E-state index in [2.05, 4.69) is 36.8 Å². The zero-order valence-corrected chi connectivity index (χ0v) is 12.3. The van der Waals surface area contributed by atoms with Crippen molar-refractivity contribution in [2.45, 2.75) is 6.42 Å². The van der Waals surface area contributed by atoms with Gasteiger partial charge in [-0.25, -0.2) is 4.98 Å². The number of halogens is 2. The highest BCUT2D eigenvalue weighted by Gasteiger charge is 2.13. The Kier molecular flexibility index (Phi) is 3.79. The minimum Gasteiger partial charge on any atom is -0.338 e. The molecule has 1 aromatic heterocycles. The van der Waals surface area contributed by atoms with Crippen LogP contribution in [0, 0.1) is 0 Å². The van der Waals surface area contributed by atoms with Crippen LogP contribution in [0.1, 0.15) is 16.2 Å². The molecule has 0 N–H and O–H groups in total. The van der Waals surface area contributed by atoms with Crippen LogP contribution in [0.4, 0.5) is 0 Å². The van der Waals surface area contributed by atoms with Gasteiger partial charge in [0.1, 0.15) is 5.82 Å². The van der Waals surface area contributed by atoms with Crippen LogP contribution in [0.15, 0.2) is 39.5 Å². The number of hydrogen-bond acceptors (Lipinski definition) is 2. The van der Waals surface area contributed by atoms with E-state index in [4.69, 9.17) is 0 Å². The maximum Gasteiger partial charge on any atom is 0.171 e. The van der Waals surface area contributed by atoms with Gasteiger partial charge in [-0.3, -0.25) is 4.79 Å². The standard InChI is InChI=1S/C12H10Br2N2O/c1-16-5-4-15-12(16)7-11(17)9-6-8(13)2-3-10(9)14/h2-6H,7H2,1H3. The van der Waals surface area contributed by atoms with E-state index in [9.17, 15) is 4.79 Å². The Morgan fingerprint density at radius 1 is 1.41 bits per heavy atom. The topological polar surface area (TPSA) is 34.9 Å². The fourth-order valence-corrected chi connectivity index (χ4v) is 2.35. The minimum atomic E-state index is 0.0486. The van der Waals surface area contributed by atoms with Crippen LogP contribution in [0.2, 0.25) is 0 Å². The normalized spacial score (nSPS) is 10.5. The zero-order chi connectivity index (χ0) is 12.4. The molecular formula is C12H10Br2N2O. The molecule has 0 fully saturated rings. The van der Waals surface area contributed by atoms with Crippen molar-refractivity contribution in [2.24, 2.45) is 7.05 Å². The molecule has 1 heterocycles. The molecule has 0 radical (unpaired) electrons. The molecule has 0 aliphatic carbocycles. The van der Waals surface area contributed by atoms with Crippen LogP contribution < -0.4 is 0 Å². The van der Waals surface area contributed by atoms with Crippen molar-refractivity contribution in [3.05, 3.63) is 50.9 Å². The monoisotopic (exact) mass is 356 g/mol. The number of aryl methyl sites for hydroxylation is 1. The second-order valence-electron chi connectivity index (χ2n) is 3.68. The van der Waals surface area contributed by atoms with Gasteiger partial charge in [0.15, 0.2) is 5.78 Å². The van der Waals surface area contributed by atoms with Crippen LogP contribution in [0.25, 0.3) is 0 Å². The Hall–Kier alpha value is -0.940. The summed E-state index contributed by atoms with van der Waals surface area (Å²) in [6, 6.07) is 5.56. The summed E-state index contributed by atoms with van der Waals surface area (Å²) in [7, 11) is 1.88. The van der Waals surface area contributed by atoms with Crippen LogP contribution >= 0.6 is 31.9 Å². The largest absolute Gasteiger partial charge is 0.338 e. The van der Waals surface area contributed by atoms with Crippen molar-refractivity contribution >= 4 is 37.6 Å². The molecule has 2 rings (SSSR count). The van der Waals surface area contributed by atoms with Crippen molar-refractivity contribution in [1.29, 1.82) is 0 Å². The van der Waals surface area contributed by atoms with Crippen molar-refractivity contribution in [3.8, 4) is 0 Å². The second-order valence-corrected chi connectivity index (χ2v) is 5.45. The first-order valence-corrected chi connectivity index (χ1v) is 6.61. The molecule has 0 aliphatic heterocycles. The number of hydrogen-bond donors (Lipinski definition) is 0. The summed E-state index contributed by atoms with van der Waals surface area (Å²) in [6.07, 6.45) is 3.83. The van der Waals surface area contributed by atoms with Gasteiger partial charge in [0.2, 0.25) is 0 Å². The second kappa shape index (κ2) is 5.14. The molecule has 0 spiro atoms. The highest BCUT2D eigenvalue weighted by atomic mass is 79.9. The lowest BCUT2D eigenvalue weighted by molar-refractivity contribution is 0.0989. The summed E-state index contributed by atoms with van der Waals surface area (Å²) in [5.41, 5.74) is 0.669. The first-order chi connectivity index (χ1) is 8.08. The lowest BCUT2D eigenvalue weighted by atomic mass is 10.1. The number of imidazole rings is 1. The number of benzene rings is 1. The molecule has 3 nitrogen and oxygen atoms in total. The lowest BCUT2D eigenvalue weighted by Gasteiger charge is -2.04. The number of carbonyl (C=O) groups excluding carboxylic acids is 1. The molecular weight excluding hydrogens is 348 g/mol. The summed E-state index contributed by atoms with van der Waals surface area (Å²) in [5, 5.41) is 0. The van der Waals surface area contributed by atoms with Gasteiger partial charge in [0.25, 0.3) is 0 Å². The van der Waals surface area contributed by atoms with Gasteiger partial charge >= 0.3 is 0 Å². The van der Waals surface area contributed by atoms with E-state index in [0.29, 0.717) is 12.0 Å². The number of carbonyl (C=O) groups is 1. The lowest BCUT2D eigenvalue weighted by Crippen LogP contribution is -2.08. The third-order valence-corrected chi connectivity index (χ3v) is 3.65. The molecule has 88 valence electrons. The van der Waals surface area contributed by atoms with Gasteiger partial charge < -0.3 is 4.57 Å². The molecule has 2 aromatic rings. The molecule has 0 bridgehead atoms. The number of rotatable bonds is 3. The van der Waals surface area contributed by atoms with Gasteiger partial charge in [-0.2, -0.15) is 0 Å². The van der Waals surface area contributed by atoms with E-state index >= 15 is 0 Å². The Bertz CT molecular complexity index is 563. The predicted octanol–water partition coefficient (Wildman–Crippen LogP) is 3.37. The van der Waals surface area contributed by atoms with E-state index in [1.54, 1.807) is 6.20 Å². The van der Waals surface area contributed by atoms with E-state index in [-0.39, 0.29) is 5.78 Å². The zero-order valence-electron chi connectivity index (χ0n) is 9.15. The SMILES string of the molecule is Cn1ccnc1CC(=O)c1cc(Br)ccc1Br. The van der Waals surface area contributed by atoms with Gasteiger partial charge in [-0.05, 0) is 18.2 Å².